The van der Waals surface area contributed by atoms with E-state index >= 15 is 0 Å². The van der Waals surface area contributed by atoms with E-state index in [1.807, 2.05) is 12.1 Å². The summed E-state index contributed by atoms with van der Waals surface area (Å²) in [5, 5.41) is 2.67. The molecule has 10 nitrogen and oxygen atoms in total. The number of rotatable bonds is 10. The van der Waals surface area contributed by atoms with E-state index < -0.39 is 40.5 Å². The minimum atomic E-state index is -3.99. The maximum absolute atomic E-state index is 12.7. The number of ether oxygens (including phenoxy) is 3. The fraction of sp³-hybridized carbons (Fsp3) is 0.417. The van der Waals surface area contributed by atoms with Gasteiger partial charge in [0.15, 0.2) is 6.61 Å². The minimum Gasteiger partial charge on any atom is -0.497 e. The second-order valence-electron chi connectivity index (χ2n) is 8.32. The normalized spacial score (nSPS) is 14.9. The van der Waals surface area contributed by atoms with Crippen molar-refractivity contribution in [1.29, 1.82) is 0 Å². The smallest absolute Gasteiger partial charge is 0.324 e. The quantitative estimate of drug-likeness (QED) is 0.470. The van der Waals surface area contributed by atoms with Crippen molar-refractivity contribution in [2.24, 2.45) is 5.92 Å². The van der Waals surface area contributed by atoms with E-state index in [-0.39, 0.29) is 4.90 Å². The Balaban J connectivity index is 1.54. The van der Waals surface area contributed by atoms with E-state index in [0.717, 1.165) is 18.8 Å². The monoisotopic (exact) mass is 505 g/mol. The number of morpholine rings is 1. The molecule has 0 unspecified atom stereocenters. The molecule has 2 aromatic carbocycles. The molecule has 1 heterocycles. The highest BCUT2D eigenvalue weighted by Gasteiger charge is 2.30. The number of nitrogens with zero attached hydrogens (tertiary/aromatic N) is 1. The number of amides is 1. The van der Waals surface area contributed by atoms with Crippen LogP contribution in [0.3, 0.4) is 0 Å². The standard InChI is InChI=1S/C24H31N3O7S/c1-17(2)23(26-35(30,31)21-10-8-20(32-3)9-11-21)24(29)34-16-22(28)25-18-4-6-19(7-5-18)27-12-14-33-15-13-27/h4-11,17,23,26H,12-16H2,1-3H3,(H,25,28)/t23-/m0/s1. The van der Waals surface area contributed by atoms with E-state index in [1.54, 1.807) is 26.0 Å². The van der Waals surface area contributed by atoms with Crippen LogP contribution in [0.25, 0.3) is 0 Å². The summed E-state index contributed by atoms with van der Waals surface area (Å²) in [7, 11) is -2.52. The van der Waals surface area contributed by atoms with Crippen LogP contribution in [0, 0.1) is 5.92 Å². The lowest BCUT2D eigenvalue weighted by atomic mass is 10.1. The Morgan fingerprint density at radius 1 is 1.03 bits per heavy atom. The molecule has 35 heavy (non-hydrogen) atoms. The number of carbonyl (C=O) groups excluding carboxylic acids is 2. The number of sulfonamides is 1. The molecular formula is C24H31N3O7S. The van der Waals surface area contributed by atoms with Crippen LogP contribution in [0.5, 0.6) is 5.75 Å². The summed E-state index contributed by atoms with van der Waals surface area (Å²) in [5.41, 5.74) is 1.59. The van der Waals surface area contributed by atoms with Crippen LogP contribution < -0.4 is 19.7 Å². The van der Waals surface area contributed by atoms with E-state index in [1.165, 1.54) is 31.4 Å². The van der Waals surface area contributed by atoms with Crippen LogP contribution in [0.4, 0.5) is 11.4 Å². The molecule has 1 aliphatic rings. The first-order valence-corrected chi connectivity index (χ1v) is 12.7. The highest BCUT2D eigenvalue weighted by Crippen LogP contribution is 2.19. The molecule has 190 valence electrons. The van der Waals surface area contributed by atoms with Crippen LogP contribution >= 0.6 is 0 Å². The topological polar surface area (TPSA) is 123 Å². The van der Waals surface area contributed by atoms with Crippen molar-refractivity contribution in [1.82, 2.24) is 4.72 Å². The third-order valence-electron chi connectivity index (χ3n) is 5.45. The second kappa shape index (κ2) is 12.0. The maximum Gasteiger partial charge on any atom is 0.324 e. The van der Waals surface area contributed by atoms with E-state index in [4.69, 9.17) is 14.2 Å². The lowest BCUT2D eigenvalue weighted by Crippen LogP contribution is -2.45. The van der Waals surface area contributed by atoms with Crippen LogP contribution in [0.2, 0.25) is 0 Å². The van der Waals surface area contributed by atoms with Crippen LogP contribution in [0.1, 0.15) is 13.8 Å². The van der Waals surface area contributed by atoms with Crippen molar-refractivity contribution >= 4 is 33.3 Å². The van der Waals surface area contributed by atoms with Gasteiger partial charge in [-0.2, -0.15) is 4.72 Å². The third-order valence-corrected chi connectivity index (χ3v) is 6.90. The van der Waals surface area contributed by atoms with Crippen molar-refractivity contribution in [3.8, 4) is 5.75 Å². The van der Waals surface area contributed by atoms with Crippen molar-refractivity contribution in [3.63, 3.8) is 0 Å². The summed E-state index contributed by atoms with van der Waals surface area (Å²) in [6.07, 6.45) is 0. The molecule has 0 aliphatic carbocycles. The van der Waals surface area contributed by atoms with Crippen molar-refractivity contribution in [2.45, 2.75) is 24.8 Å². The van der Waals surface area contributed by atoms with E-state index in [2.05, 4.69) is 14.9 Å². The number of benzene rings is 2. The molecule has 1 aliphatic heterocycles. The SMILES string of the molecule is COc1ccc(S(=O)(=O)N[C@H](C(=O)OCC(=O)Nc2ccc(N3CCOCC3)cc2)C(C)C)cc1. The van der Waals surface area contributed by atoms with Gasteiger partial charge in [-0.15, -0.1) is 0 Å². The number of hydrogen-bond acceptors (Lipinski definition) is 8. The number of nitrogens with one attached hydrogen (secondary N) is 2. The average Bonchev–Trinajstić information content (AvgIpc) is 2.86. The first-order valence-electron chi connectivity index (χ1n) is 11.3. The van der Waals surface area contributed by atoms with Crippen molar-refractivity contribution < 1.29 is 32.2 Å². The van der Waals surface area contributed by atoms with E-state index in [9.17, 15) is 18.0 Å². The summed E-state index contributed by atoms with van der Waals surface area (Å²) in [6.45, 7) is 5.78. The first kappa shape index (κ1) is 26.5. The highest BCUT2D eigenvalue weighted by atomic mass is 32.2. The molecule has 1 fully saturated rings. The molecular weight excluding hydrogens is 474 g/mol. The zero-order chi connectivity index (χ0) is 25.4. The zero-order valence-corrected chi connectivity index (χ0v) is 20.8. The Morgan fingerprint density at radius 2 is 1.66 bits per heavy atom. The third kappa shape index (κ3) is 7.41. The van der Waals surface area contributed by atoms with Gasteiger partial charge in [-0.25, -0.2) is 8.42 Å². The summed E-state index contributed by atoms with van der Waals surface area (Å²) in [4.78, 5) is 27.1. The van der Waals surface area contributed by atoms with Gasteiger partial charge in [0, 0.05) is 24.5 Å². The maximum atomic E-state index is 12.7. The van der Waals surface area contributed by atoms with Gasteiger partial charge in [0.1, 0.15) is 11.8 Å². The van der Waals surface area contributed by atoms with Gasteiger partial charge in [-0.1, -0.05) is 13.8 Å². The fourth-order valence-corrected chi connectivity index (χ4v) is 4.78. The molecule has 1 amide bonds. The number of methoxy groups -OCH3 is 1. The molecule has 1 atom stereocenters. The average molecular weight is 506 g/mol. The summed E-state index contributed by atoms with van der Waals surface area (Å²) >= 11 is 0. The van der Waals surface area contributed by atoms with Crippen LogP contribution in [-0.4, -0.2) is 66.4 Å². The van der Waals surface area contributed by atoms with Gasteiger partial charge >= 0.3 is 5.97 Å². The van der Waals surface area contributed by atoms with Gasteiger partial charge in [-0.05, 0) is 54.4 Å². The highest BCUT2D eigenvalue weighted by molar-refractivity contribution is 7.89. The van der Waals surface area contributed by atoms with Gasteiger partial charge in [-0.3, -0.25) is 9.59 Å². The molecule has 11 heteroatoms. The fourth-order valence-electron chi connectivity index (χ4n) is 3.45. The largest absolute Gasteiger partial charge is 0.497 e. The van der Waals surface area contributed by atoms with Crippen LogP contribution in [-0.2, 0) is 29.1 Å². The molecule has 0 bridgehead atoms. The van der Waals surface area contributed by atoms with E-state index in [0.29, 0.717) is 24.7 Å². The van der Waals surface area contributed by atoms with Gasteiger partial charge in [0.05, 0.1) is 25.2 Å². The number of anilines is 2. The Bertz CT molecular complexity index is 1100. The summed E-state index contributed by atoms with van der Waals surface area (Å²) < 4.78 is 43.3. The van der Waals surface area contributed by atoms with Crippen molar-refractivity contribution in [3.05, 3.63) is 48.5 Å². The summed E-state index contributed by atoms with van der Waals surface area (Å²) in [5.74, 6) is -1.27. The molecule has 0 radical (unpaired) electrons. The Labute approximate surface area is 205 Å². The van der Waals surface area contributed by atoms with Gasteiger partial charge < -0.3 is 24.4 Å². The Kier molecular flexibility index (Phi) is 9.07. The predicted molar refractivity (Wildman–Crippen MR) is 131 cm³/mol. The molecule has 1 saturated heterocycles. The lowest BCUT2D eigenvalue weighted by Gasteiger charge is -2.28. The Morgan fingerprint density at radius 3 is 2.23 bits per heavy atom. The van der Waals surface area contributed by atoms with Crippen LogP contribution in [0.15, 0.2) is 53.4 Å². The first-order chi connectivity index (χ1) is 16.7. The zero-order valence-electron chi connectivity index (χ0n) is 20.0. The van der Waals surface area contributed by atoms with Crippen molar-refractivity contribution in [2.75, 3.05) is 50.2 Å². The predicted octanol–water partition coefficient (Wildman–Crippen LogP) is 2.02. The Hall–Kier alpha value is -3.15. The summed E-state index contributed by atoms with van der Waals surface area (Å²) in [6, 6.07) is 11.9. The minimum absolute atomic E-state index is 0.0185. The second-order valence-corrected chi connectivity index (χ2v) is 10.0. The number of esters is 1. The molecule has 2 N–H and O–H groups in total. The lowest BCUT2D eigenvalue weighted by molar-refractivity contribution is -0.150. The van der Waals surface area contributed by atoms with Gasteiger partial charge in [0.2, 0.25) is 10.0 Å². The molecule has 2 aromatic rings. The molecule has 3 rings (SSSR count). The molecule has 0 spiro atoms. The number of carbonyl (C=O) groups is 2. The number of hydrogen-bond donors (Lipinski definition) is 2. The molecule has 0 saturated carbocycles. The van der Waals surface area contributed by atoms with Gasteiger partial charge in [0.25, 0.3) is 5.91 Å². The molecule has 0 aromatic heterocycles.